The second kappa shape index (κ2) is 25.3. The summed E-state index contributed by atoms with van der Waals surface area (Å²) in [6.07, 6.45) is 11.9. The predicted molar refractivity (Wildman–Crippen MR) is 277 cm³/mol. The normalized spacial score (nSPS) is 24.9. The highest BCUT2D eigenvalue weighted by Crippen LogP contribution is 2.41. The average molecular weight is 975 g/mol. The summed E-state index contributed by atoms with van der Waals surface area (Å²) < 4.78 is 21.7. The fourth-order valence-corrected chi connectivity index (χ4v) is 11.3. The Kier molecular flexibility index (Phi) is 21.8. The quantitative estimate of drug-likeness (QED) is 0.173. The summed E-state index contributed by atoms with van der Waals surface area (Å²) in [5.41, 5.74) is 4.23. The third-order valence-electron chi connectivity index (χ3n) is 17.2. The lowest BCUT2D eigenvalue weighted by molar-refractivity contribution is -0.139. The number of rotatable bonds is 14. The summed E-state index contributed by atoms with van der Waals surface area (Å²) in [6, 6.07) is 1.76. The molecule has 0 aromatic carbocycles. The van der Waals surface area contributed by atoms with Crippen molar-refractivity contribution in [3.63, 3.8) is 0 Å². The number of carbonyl (C=O) groups is 4. The maximum Gasteiger partial charge on any atom is 0.408 e. The van der Waals surface area contributed by atoms with Crippen molar-refractivity contribution in [1.82, 2.24) is 24.9 Å². The lowest BCUT2D eigenvalue weighted by Gasteiger charge is -2.45. The fraction of sp³-hybridized carbons (Fsp3) is 0.927. The molecule has 6 aliphatic rings. The van der Waals surface area contributed by atoms with Crippen LogP contribution in [0.25, 0.3) is 0 Å². The highest BCUT2D eigenvalue weighted by atomic mass is 16.6. The molecule has 3 N–H and O–H groups in total. The molecule has 0 spiro atoms. The van der Waals surface area contributed by atoms with Gasteiger partial charge >= 0.3 is 6.09 Å². The third kappa shape index (κ3) is 17.3. The monoisotopic (exact) mass is 975 g/mol. The molecule has 6 heterocycles. The number of carbonyl (C=O) groups excluding carboxylic acids is 4. The van der Waals surface area contributed by atoms with Crippen molar-refractivity contribution in [2.45, 2.75) is 220 Å². The lowest BCUT2D eigenvalue weighted by Crippen LogP contribution is -2.59. The van der Waals surface area contributed by atoms with Crippen molar-refractivity contribution in [3.8, 4) is 0 Å². The molecule has 0 unspecified atom stereocenters. The summed E-state index contributed by atoms with van der Waals surface area (Å²) in [5, 5.41) is 2.92. The molecule has 0 saturated carbocycles. The standard InChI is InChI=1S/C21H38N2O4.C18H34N2O2.C16H30N2O2/c1-16(2)23-11-7-20(6,8-12-23)15-17(24)21(9-13-26-14-10-21)22-18(25)27-19(3,4)5;1-15(2)20-10-6-17(3,7-11-20)14-16(21)18(19(4)5)8-12-22-13-9-18;1-13(2)18-8-4-15(3,5-9-18)12-14(19)16(17)6-10-20-11-7-16/h16H,7-15H2,1-6H3,(H,22,25);15H,6-14H2,1-5H3;13H,4-12,17H2,1-3H3. The number of ketones is 3. The number of ether oxygens (including phenoxy) is 4. The Balaban J connectivity index is 0.000000228. The summed E-state index contributed by atoms with van der Waals surface area (Å²) in [7, 11) is 4.10. The van der Waals surface area contributed by atoms with Crippen LogP contribution in [0.4, 0.5) is 4.79 Å². The molecule has 0 bridgehead atoms. The van der Waals surface area contributed by atoms with Gasteiger partial charge in [0, 0.05) is 89.9 Å². The molecule has 400 valence electrons. The van der Waals surface area contributed by atoms with Crippen LogP contribution in [-0.2, 0) is 33.3 Å². The van der Waals surface area contributed by atoms with Crippen LogP contribution in [0.15, 0.2) is 0 Å². The van der Waals surface area contributed by atoms with E-state index < -0.39 is 22.8 Å². The van der Waals surface area contributed by atoms with E-state index in [-0.39, 0.29) is 33.4 Å². The zero-order valence-corrected chi connectivity index (χ0v) is 46.5. The average Bonchev–Trinajstić information content (AvgIpc) is 3.27. The lowest BCUT2D eigenvalue weighted by atomic mass is 9.71. The van der Waals surface area contributed by atoms with Crippen LogP contribution in [0.2, 0.25) is 0 Å². The number of likely N-dealkylation sites (N-methyl/N-ethyl adjacent to an activating group) is 1. The molecule has 0 aromatic heterocycles. The van der Waals surface area contributed by atoms with Crippen LogP contribution >= 0.6 is 0 Å². The Hall–Kier alpha value is -2.04. The van der Waals surface area contributed by atoms with E-state index in [0.717, 1.165) is 97.1 Å². The number of likely N-dealkylation sites (tertiary alicyclic amines) is 3. The molecule has 69 heavy (non-hydrogen) atoms. The first-order chi connectivity index (χ1) is 32.1. The van der Waals surface area contributed by atoms with Crippen LogP contribution in [-0.4, -0.2) is 176 Å². The Bertz CT molecular complexity index is 1620. The van der Waals surface area contributed by atoms with Crippen LogP contribution in [0, 0.1) is 16.2 Å². The summed E-state index contributed by atoms with van der Waals surface area (Å²) in [4.78, 5) is 61.2. The van der Waals surface area contributed by atoms with E-state index in [1.807, 2.05) is 34.9 Å². The molecule has 1 amide bonds. The van der Waals surface area contributed by atoms with Crippen molar-refractivity contribution < 1.29 is 38.1 Å². The highest BCUT2D eigenvalue weighted by Gasteiger charge is 2.47. The van der Waals surface area contributed by atoms with Gasteiger partial charge in [-0.3, -0.25) is 19.3 Å². The molecule has 0 aromatic rings. The summed E-state index contributed by atoms with van der Waals surface area (Å²) in [5.74, 6) is 0.805. The maximum absolute atomic E-state index is 13.4. The first kappa shape index (κ1) is 59.5. The van der Waals surface area contributed by atoms with Crippen LogP contribution in [0.1, 0.15) is 179 Å². The molecule has 0 radical (unpaired) electrons. The Morgan fingerprint density at radius 2 is 0.855 bits per heavy atom. The number of alkyl carbamates (subject to hydrolysis) is 1. The van der Waals surface area contributed by atoms with Gasteiger partial charge in [-0.2, -0.15) is 0 Å². The smallest absolute Gasteiger partial charge is 0.408 e. The molecule has 0 aliphatic carbocycles. The molecule has 14 nitrogen and oxygen atoms in total. The van der Waals surface area contributed by atoms with Crippen LogP contribution in [0.3, 0.4) is 0 Å². The van der Waals surface area contributed by atoms with E-state index in [1.54, 1.807) is 0 Å². The first-order valence-corrected chi connectivity index (χ1v) is 27.1. The highest BCUT2D eigenvalue weighted by molar-refractivity contribution is 5.92. The van der Waals surface area contributed by atoms with E-state index >= 15 is 0 Å². The van der Waals surface area contributed by atoms with E-state index in [0.29, 0.717) is 102 Å². The molecule has 14 heteroatoms. The molecule has 6 rings (SSSR count). The van der Waals surface area contributed by atoms with Crippen LogP contribution in [0.5, 0.6) is 0 Å². The number of nitrogens with two attached hydrogens (primary N) is 1. The van der Waals surface area contributed by atoms with Crippen molar-refractivity contribution >= 4 is 23.4 Å². The maximum atomic E-state index is 13.4. The Labute approximate surface area is 419 Å². The Morgan fingerprint density at radius 3 is 1.19 bits per heavy atom. The molecule has 6 saturated heterocycles. The van der Waals surface area contributed by atoms with Gasteiger partial charge < -0.3 is 44.7 Å². The zero-order chi connectivity index (χ0) is 51.5. The number of nitrogens with zero attached hydrogens (tertiary/aromatic N) is 4. The fourth-order valence-electron chi connectivity index (χ4n) is 11.3. The minimum Gasteiger partial charge on any atom is -0.444 e. The molecular weight excluding hydrogens is 873 g/mol. The molecule has 6 fully saturated rings. The molecule has 6 aliphatic heterocycles. The Morgan fingerprint density at radius 1 is 0.536 bits per heavy atom. The number of hydrogen-bond acceptors (Lipinski definition) is 13. The van der Waals surface area contributed by atoms with E-state index in [1.165, 1.54) is 0 Å². The van der Waals surface area contributed by atoms with Gasteiger partial charge in [0.25, 0.3) is 0 Å². The van der Waals surface area contributed by atoms with Crippen LogP contribution < -0.4 is 11.1 Å². The largest absolute Gasteiger partial charge is 0.444 e. The summed E-state index contributed by atoms with van der Waals surface area (Å²) in [6.45, 7) is 35.8. The second-order valence-corrected chi connectivity index (χ2v) is 25.2. The first-order valence-electron chi connectivity index (χ1n) is 27.1. The molecular formula is C55H102N6O8. The van der Waals surface area contributed by atoms with Crippen molar-refractivity contribution in [2.75, 3.05) is 93.0 Å². The third-order valence-corrected chi connectivity index (χ3v) is 17.2. The second-order valence-electron chi connectivity index (χ2n) is 25.2. The zero-order valence-electron chi connectivity index (χ0n) is 46.5. The van der Waals surface area contributed by atoms with Gasteiger partial charge in [-0.1, -0.05) is 20.8 Å². The van der Waals surface area contributed by atoms with Gasteiger partial charge in [0.15, 0.2) is 17.3 Å². The number of amides is 1. The summed E-state index contributed by atoms with van der Waals surface area (Å²) >= 11 is 0. The van der Waals surface area contributed by atoms with Crippen molar-refractivity contribution in [3.05, 3.63) is 0 Å². The number of Topliss-reactive ketones (excluding diaryl/α,β-unsaturated/α-hetero) is 3. The van der Waals surface area contributed by atoms with E-state index in [4.69, 9.17) is 24.7 Å². The number of hydrogen-bond donors (Lipinski definition) is 2. The van der Waals surface area contributed by atoms with Gasteiger partial charge in [-0.05, 0) is 196 Å². The minimum absolute atomic E-state index is 0.0105. The minimum atomic E-state index is -0.862. The topological polar surface area (TPSA) is 156 Å². The van der Waals surface area contributed by atoms with Crippen molar-refractivity contribution in [1.29, 1.82) is 0 Å². The van der Waals surface area contributed by atoms with Crippen molar-refractivity contribution in [2.24, 2.45) is 22.0 Å². The predicted octanol–water partition coefficient (Wildman–Crippen LogP) is 8.06. The van der Waals surface area contributed by atoms with Gasteiger partial charge in [-0.15, -0.1) is 0 Å². The number of piperidine rings is 3. The SMILES string of the molecule is CC(C)N1CCC(C)(CC(=O)C2(N(C)C)CCOCC2)CC1.CC(C)N1CCC(C)(CC(=O)C2(N)CCOCC2)CC1.CC(C)N1CCC(C)(CC(=O)C2(NC(=O)OC(C)(C)C)CCOCC2)CC1. The van der Waals surface area contributed by atoms with Gasteiger partial charge in [0.05, 0.1) is 11.1 Å². The molecule has 0 atom stereocenters. The van der Waals surface area contributed by atoms with Gasteiger partial charge in [0.1, 0.15) is 11.1 Å². The van der Waals surface area contributed by atoms with Gasteiger partial charge in [0.2, 0.25) is 0 Å². The van der Waals surface area contributed by atoms with E-state index in [9.17, 15) is 19.2 Å². The van der Waals surface area contributed by atoms with Gasteiger partial charge in [-0.25, -0.2) is 4.79 Å². The van der Waals surface area contributed by atoms with E-state index in [2.05, 4.69) is 87.2 Å². The number of nitrogens with one attached hydrogen (secondary N) is 1.